The number of carbonyl (C=O) groups is 2. The number of rotatable bonds is 5. The summed E-state index contributed by atoms with van der Waals surface area (Å²) >= 11 is 24.0. The highest BCUT2D eigenvalue weighted by molar-refractivity contribution is 7.80. The van der Waals surface area contributed by atoms with Gasteiger partial charge in [-0.25, -0.2) is 0 Å². The van der Waals surface area contributed by atoms with Crippen LogP contribution >= 0.6 is 47.0 Å². The van der Waals surface area contributed by atoms with Gasteiger partial charge in [0.25, 0.3) is 11.8 Å². The van der Waals surface area contributed by atoms with Gasteiger partial charge >= 0.3 is 0 Å². The summed E-state index contributed by atoms with van der Waals surface area (Å²) in [4.78, 5) is 29.4. The summed E-state index contributed by atoms with van der Waals surface area (Å²) in [5, 5.41) is 7.02. The molecule has 0 atom stereocenters. The number of carbonyl (C=O) groups excluding carboxylic acids is 2. The van der Waals surface area contributed by atoms with Crippen LogP contribution in [0.25, 0.3) is 11.3 Å². The van der Waals surface area contributed by atoms with E-state index in [1.807, 2.05) is 47.4 Å². The normalized spacial score (nSPS) is 13.2. The van der Waals surface area contributed by atoms with Crippen molar-refractivity contribution in [1.29, 1.82) is 0 Å². The van der Waals surface area contributed by atoms with Crippen molar-refractivity contribution in [3.8, 4) is 11.3 Å². The first-order chi connectivity index (χ1) is 19.3. The van der Waals surface area contributed by atoms with Crippen molar-refractivity contribution in [2.24, 2.45) is 0 Å². The van der Waals surface area contributed by atoms with Gasteiger partial charge in [-0.15, -0.1) is 0 Å². The molecule has 40 heavy (non-hydrogen) atoms. The van der Waals surface area contributed by atoms with Crippen LogP contribution in [0.2, 0.25) is 15.1 Å². The SMILES string of the molecule is O=C(NC(=S)Nc1ccc(N2CCN(C(=O)c3ccccc3)CC2)c(Cl)c1)c1ccc(-c2ccc(Cl)c(Cl)c2)o1. The van der Waals surface area contributed by atoms with E-state index in [0.29, 0.717) is 63.8 Å². The molecule has 2 N–H and O–H groups in total. The Morgan fingerprint density at radius 1 is 0.800 bits per heavy atom. The average Bonchev–Trinajstić information content (AvgIpc) is 3.46. The third-order valence-corrected chi connectivity index (χ3v) is 7.64. The molecule has 2 heterocycles. The largest absolute Gasteiger partial charge is 0.451 e. The summed E-state index contributed by atoms with van der Waals surface area (Å²) in [5.41, 5.74) is 2.85. The Kier molecular flexibility index (Phi) is 8.61. The minimum atomic E-state index is -0.505. The van der Waals surface area contributed by atoms with Crippen LogP contribution in [0.3, 0.4) is 0 Å². The lowest BCUT2D eigenvalue weighted by molar-refractivity contribution is 0.0746. The van der Waals surface area contributed by atoms with Crippen LogP contribution in [0.4, 0.5) is 11.4 Å². The van der Waals surface area contributed by atoms with E-state index in [2.05, 4.69) is 15.5 Å². The first-order valence-electron chi connectivity index (χ1n) is 12.3. The summed E-state index contributed by atoms with van der Waals surface area (Å²) in [6, 6.07) is 23.0. The van der Waals surface area contributed by atoms with Crippen molar-refractivity contribution in [3.05, 3.63) is 105 Å². The molecule has 1 fully saturated rings. The van der Waals surface area contributed by atoms with E-state index >= 15 is 0 Å². The van der Waals surface area contributed by atoms with Crippen LogP contribution in [0.1, 0.15) is 20.9 Å². The van der Waals surface area contributed by atoms with E-state index < -0.39 is 5.91 Å². The lowest BCUT2D eigenvalue weighted by atomic mass is 10.1. The molecule has 1 aromatic heterocycles. The highest BCUT2D eigenvalue weighted by Crippen LogP contribution is 2.31. The molecule has 4 aromatic rings. The number of thiocarbonyl (C=S) groups is 1. The molecule has 1 saturated heterocycles. The Morgan fingerprint density at radius 2 is 1.55 bits per heavy atom. The number of hydrogen-bond donors (Lipinski definition) is 2. The number of piperazine rings is 1. The molecule has 204 valence electrons. The van der Waals surface area contributed by atoms with Crippen LogP contribution in [0.15, 0.2) is 83.3 Å². The lowest BCUT2D eigenvalue weighted by Crippen LogP contribution is -2.48. The zero-order valence-corrected chi connectivity index (χ0v) is 24.1. The van der Waals surface area contributed by atoms with Crippen LogP contribution in [0.5, 0.6) is 0 Å². The summed E-state index contributed by atoms with van der Waals surface area (Å²) in [7, 11) is 0. The third kappa shape index (κ3) is 6.42. The quantitative estimate of drug-likeness (QED) is 0.236. The molecule has 0 bridgehead atoms. The second-order valence-corrected chi connectivity index (χ2v) is 10.6. The van der Waals surface area contributed by atoms with Gasteiger partial charge in [0.15, 0.2) is 10.9 Å². The third-order valence-electron chi connectivity index (χ3n) is 6.39. The Hall–Kier alpha value is -3.56. The van der Waals surface area contributed by atoms with Crippen molar-refractivity contribution >= 4 is 75.3 Å². The van der Waals surface area contributed by atoms with Gasteiger partial charge in [0.05, 0.1) is 20.8 Å². The van der Waals surface area contributed by atoms with Crippen LogP contribution in [-0.2, 0) is 0 Å². The van der Waals surface area contributed by atoms with Gasteiger partial charge in [-0.1, -0.05) is 53.0 Å². The number of anilines is 2. The number of halogens is 3. The van der Waals surface area contributed by atoms with Gasteiger partial charge < -0.3 is 19.5 Å². The average molecular weight is 614 g/mol. The minimum Gasteiger partial charge on any atom is -0.451 e. The number of nitrogens with one attached hydrogen (secondary N) is 2. The van der Waals surface area contributed by atoms with Gasteiger partial charge in [-0.2, -0.15) is 0 Å². The molecule has 0 spiro atoms. The zero-order chi connectivity index (χ0) is 28.2. The fourth-order valence-electron chi connectivity index (χ4n) is 4.35. The van der Waals surface area contributed by atoms with Gasteiger partial charge in [0.2, 0.25) is 0 Å². The highest BCUT2D eigenvalue weighted by atomic mass is 35.5. The van der Waals surface area contributed by atoms with E-state index in [1.54, 1.807) is 36.4 Å². The minimum absolute atomic E-state index is 0.0293. The zero-order valence-electron chi connectivity index (χ0n) is 21.0. The molecule has 5 rings (SSSR count). The molecule has 11 heteroatoms. The van der Waals surface area contributed by atoms with Gasteiger partial charge in [-0.3, -0.25) is 14.9 Å². The molecule has 2 amide bonds. The van der Waals surface area contributed by atoms with Gasteiger partial charge in [-0.05, 0) is 72.9 Å². The fourth-order valence-corrected chi connectivity index (χ4v) is 5.16. The Labute approximate surface area is 251 Å². The van der Waals surface area contributed by atoms with E-state index in [-0.39, 0.29) is 16.8 Å². The lowest BCUT2D eigenvalue weighted by Gasteiger charge is -2.36. The Morgan fingerprint density at radius 3 is 2.25 bits per heavy atom. The molecular formula is C29H23Cl3N4O3S. The smallest absolute Gasteiger partial charge is 0.293 e. The molecule has 0 saturated carbocycles. The number of nitrogens with zero attached hydrogens (tertiary/aromatic N) is 2. The number of furan rings is 1. The van der Waals surface area contributed by atoms with Crippen molar-refractivity contribution in [1.82, 2.24) is 10.2 Å². The highest BCUT2D eigenvalue weighted by Gasteiger charge is 2.23. The maximum absolute atomic E-state index is 12.7. The predicted molar refractivity (Wildman–Crippen MR) is 164 cm³/mol. The number of hydrogen-bond acceptors (Lipinski definition) is 5. The molecular weight excluding hydrogens is 591 g/mol. The van der Waals surface area contributed by atoms with Crippen LogP contribution in [0, 0.1) is 0 Å². The van der Waals surface area contributed by atoms with Gasteiger partial charge in [0, 0.05) is 43.0 Å². The van der Waals surface area contributed by atoms with Gasteiger partial charge in [0.1, 0.15) is 5.76 Å². The molecule has 7 nitrogen and oxygen atoms in total. The van der Waals surface area contributed by atoms with Crippen molar-refractivity contribution in [2.75, 3.05) is 36.4 Å². The van der Waals surface area contributed by atoms with Crippen LogP contribution in [-0.4, -0.2) is 48.0 Å². The van der Waals surface area contributed by atoms with E-state index in [0.717, 1.165) is 5.69 Å². The topological polar surface area (TPSA) is 77.8 Å². The fraction of sp³-hybridized carbons (Fsp3) is 0.138. The summed E-state index contributed by atoms with van der Waals surface area (Å²) in [5.74, 6) is 0.0785. The predicted octanol–water partition coefficient (Wildman–Crippen LogP) is 7.00. The summed E-state index contributed by atoms with van der Waals surface area (Å²) < 4.78 is 5.67. The molecule has 0 aliphatic carbocycles. The Balaban J connectivity index is 1.15. The Bertz CT molecular complexity index is 1570. The number of amides is 2. The standard InChI is InChI=1S/C29H23Cl3N4O3S/c30-21-8-6-19(16-22(21)31)25-10-11-26(39-25)27(37)34-29(40)33-20-7-9-24(23(32)17-20)35-12-14-36(15-13-35)28(38)18-4-2-1-3-5-18/h1-11,16-17H,12-15H2,(H2,33,34,37,40). The maximum Gasteiger partial charge on any atom is 0.293 e. The molecule has 1 aliphatic heterocycles. The van der Waals surface area contributed by atoms with E-state index in [1.165, 1.54) is 0 Å². The molecule has 0 unspecified atom stereocenters. The second kappa shape index (κ2) is 12.3. The van der Waals surface area contributed by atoms with Crippen molar-refractivity contribution in [2.45, 2.75) is 0 Å². The van der Waals surface area contributed by atoms with Crippen LogP contribution < -0.4 is 15.5 Å². The molecule has 0 radical (unpaired) electrons. The molecule has 1 aliphatic rings. The van der Waals surface area contributed by atoms with E-state index in [9.17, 15) is 9.59 Å². The van der Waals surface area contributed by atoms with Crippen molar-refractivity contribution < 1.29 is 14.0 Å². The summed E-state index contributed by atoms with van der Waals surface area (Å²) in [6.07, 6.45) is 0. The summed E-state index contributed by atoms with van der Waals surface area (Å²) in [6.45, 7) is 2.51. The number of benzene rings is 3. The van der Waals surface area contributed by atoms with E-state index in [4.69, 9.17) is 51.4 Å². The first-order valence-corrected chi connectivity index (χ1v) is 13.9. The first kappa shape index (κ1) is 28.0. The molecule has 3 aromatic carbocycles. The monoisotopic (exact) mass is 612 g/mol. The second-order valence-electron chi connectivity index (χ2n) is 9.01. The van der Waals surface area contributed by atoms with Crippen molar-refractivity contribution in [3.63, 3.8) is 0 Å². The maximum atomic E-state index is 12.7.